The van der Waals surface area contributed by atoms with Gasteiger partial charge in [-0.05, 0) is 37.3 Å². The summed E-state index contributed by atoms with van der Waals surface area (Å²) < 4.78 is 10.8. The van der Waals surface area contributed by atoms with Crippen molar-refractivity contribution in [3.05, 3.63) is 57.9 Å². The van der Waals surface area contributed by atoms with Gasteiger partial charge in [0.1, 0.15) is 11.5 Å². The van der Waals surface area contributed by atoms with Crippen molar-refractivity contribution < 1.29 is 14.3 Å². The molecule has 1 heterocycles. The second-order valence-corrected chi connectivity index (χ2v) is 7.29. The number of carbonyl (C=O) groups excluding carboxylic acids is 1. The van der Waals surface area contributed by atoms with Crippen LogP contribution in [0.4, 0.5) is 5.13 Å². The van der Waals surface area contributed by atoms with Crippen molar-refractivity contribution >= 4 is 45.6 Å². The van der Waals surface area contributed by atoms with Gasteiger partial charge in [0.2, 0.25) is 0 Å². The zero-order chi connectivity index (χ0) is 19.4. The molecule has 1 atom stereocenters. The fraction of sp³-hybridized carbons (Fsp3) is 0.158. The molecule has 0 aliphatic carbocycles. The highest BCUT2D eigenvalue weighted by molar-refractivity contribution is 7.14. The molecule has 0 bridgehead atoms. The van der Waals surface area contributed by atoms with E-state index in [9.17, 15) is 4.79 Å². The van der Waals surface area contributed by atoms with Gasteiger partial charge < -0.3 is 9.47 Å². The molecule has 2 aromatic carbocycles. The second-order valence-electron chi connectivity index (χ2n) is 5.59. The number of anilines is 1. The Balaban J connectivity index is 1.66. The Hall–Kier alpha value is -2.28. The number of benzene rings is 2. The lowest BCUT2D eigenvalue weighted by molar-refractivity contribution is -0.122. The third kappa shape index (κ3) is 4.91. The number of nitrogens with one attached hydrogen (secondary N) is 1. The smallest absolute Gasteiger partial charge is 0.266 e. The minimum absolute atomic E-state index is 0.305. The van der Waals surface area contributed by atoms with Crippen molar-refractivity contribution in [1.82, 2.24) is 4.98 Å². The zero-order valence-electron chi connectivity index (χ0n) is 14.5. The summed E-state index contributed by atoms with van der Waals surface area (Å²) in [6, 6.07) is 12.3. The molecule has 3 rings (SSSR count). The standard InChI is InChI=1S/C19H16Cl2N2O3S/c1-11(26-14-5-3-4-13(9-14)25-2)18(24)23-19-22-17(10-27-19)15-7-6-12(20)8-16(15)21/h3-11H,1-2H3,(H,22,23,24). The molecule has 0 saturated heterocycles. The third-order valence-corrected chi connectivity index (χ3v) is 4.97. The molecule has 1 aromatic heterocycles. The molecule has 140 valence electrons. The molecule has 3 aromatic rings. The largest absolute Gasteiger partial charge is 0.497 e. The van der Waals surface area contributed by atoms with E-state index in [-0.39, 0.29) is 5.91 Å². The van der Waals surface area contributed by atoms with Gasteiger partial charge in [-0.1, -0.05) is 29.3 Å². The van der Waals surface area contributed by atoms with E-state index in [1.807, 2.05) is 5.38 Å². The summed E-state index contributed by atoms with van der Waals surface area (Å²) in [7, 11) is 1.57. The Kier molecular flexibility index (Phi) is 6.21. The average Bonchev–Trinajstić information content (AvgIpc) is 3.10. The van der Waals surface area contributed by atoms with E-state index in [1.54, 1.807) is 56.5 Å². The van der Waals surface area contributed by atoms with Gasteiger partial charge in [0.05, 0.1) is 17.8 Å². The van der Waals surface area contributed by atoms with Crippen LogP contribution in [0.5, 0.6) is 11.5 Å². The van der Waals surface area contributed by atoms with Crippen molar-refractivity contribution in [2.24, 2.45) is 0 Å². The van der Waals surface area contributed by atoms with E-state index in [0.717, 1.165) is 5.56 Å². The van der Waals surface area contributed by atoms with Gasteiger partial charge >= 0.3 is 0 Å². The third-order valence-electron chi connectivity index (χ3n) is 3.66. The molecular weight excluding hydrogens is 407 g/mol. The van der Waals surface area contributed by atoms with Crippen molar-refractivity contribution in [2.45, 2.75) is 13.0 Å². The second kappa shape index (κ2) is 8.61. The van der Waals surface area contributed by atoms with Gasteiger partial charge in [-0.25, -0.2) is 4.98 Å². The lowest BCUT2D eigenvalue weighted by Crippen LogP contribution is -2.30. The van der Waals surface area contributed by atoms with Crippen LogP contribution in [-0.4, -0.2) is 24.1 Å². The van der Waals surface area contributed by atoms with Crippen LogP contribution < -0.4 is 14.8 Å². The van der Waals surface area contributed by atoms with Crippen LogP contribution in [0.2, 0.25) is 10.0 Å². The highest BCUT2D eigenvalue weighted by atomic mass is 35.5. The molecule has 0 saturated carbocycles. The molecule has 1 N–H and O–H groups in total. The summed E-state index contributed by atoms with van der Waals surface area (Å²) in [5.74, 6) is 0.898. The molecule has 0 aliphatic heterocycles. The summed E-state index contributed by atoms with van der Waals surface area (Å²) in [5, 5.41) is 6.08. The topological polar surface area (TPSA) is 60.5 Å². The number of rotatable bonds is 6. The van der Waals surface area contributed by atoms with Gasteiger partial charge in [0.25, 0.3) is 5.91 Å². The fourth-order valence-electron chi connectivity index (χ4n) is 2.29. The molecule has 27 heavy (non-hydrogen) atoms. The first-order chi connectivity index (χ1) is 13.0. The zero-order valence-corrected chi connectivity index (χ0v) is 16.9. The quantitative estimate of drug-likeness (QED) is 0.566. The van der Waals surface area contributed by atoms with Crippen LogP contribution in [0.1, 0.15) is 6.92 Å². The van der Waals surface area contributed by atoms with Crippen LogP contribution >= 0.6 is 34.5 Å². The van der Waals surface area contributed by atoms with Crippen LogP contribution in [0.15, 0.2) is 47.8 Å². The Morgan fingerprint density at radius 1 is 1.19 bits per heavy atom. The Bertz CT molecular complexity index is 962. The molecule has 0 fully saturated rings. The number of thiazole rings is 1. The number of ether oxygens (including phenoxy) is 2. The molecule has 0 aliphatic rings. The summed E-state index contributed by atoms with van der Waals surface area (Å²) in [6.45, 7) is 1.67. The predicted octanol–water partition coefficient (Wildman–Crippen LogP) is 5.53. The molecule has 1 amide bonds. The maximum Gasteiger partial charge on any atom is 0.266 e. The summed E-state index contributed by atoms with van der Waals surface area (Å²) in [6.07, 6.45) is -0.705. The van der Waals surface area contributed by atoms with Gasteiger partial charge in [0.15, 0.2) is 11.2 Å². The molecule has 5 nitrogen and oxygen atoms in total. The molecule has 0 spiro atoms. The molecule has 8 heteroatoms. The lowest BCUT2D eigenvalue weighted by atomic mass is 10.2. The average molecular weight is 423 g/mol. The van der Waals surface area contributed by atoms with Crippen molar-refractivity contribution in [2.75, 3.05) is 12.4 Å². The number of carbonyl (C=O) groups is 1. The number of nitrogens with zero attached hydrogens (tertiary/aromatic N) is 1. The fourth-order valence-corrected chi connectivity index (χ4v) is 3.51. The van der Waals surface area contributed by atoms with Crippen molar-refractivity contribution in [3.63, 3.8) is 0 Å². The first-order valence-corrected chi connectivity index (χ1v) is 9.62. The number of hydrogen-bond donors (Lipinski definition) is 1. The number of aromatic nitrogens is 1. The lowest BCUT2D eigenvalue weighted by Gasteiger charge is -2.14. The van der Waals surface area contributed by atoms with E-state index in [4.69, 9.17) is 32.7 Å². The molecular formula is C19H16Cl2N2O3S. The maximum atomic E-state index is 12.4. The highest BCUT2D eigenvalue weighted by Gasteiger charge is 2.17. The predicted molar refractivity (Wildman–Crippen MR) is 109 cm³/mol. The Morgan fingerprint density at radius 2 is 1.96 bits per heavy atom. The number of amides is 1. The normalized spacial score (nSPS) is 11.7. The Morgan fingerprint density at radius 3 is 2.70 bits per heavy atom. The monoisotopic (exact) mass is 422 g/mol. The van der Waals surface area contributed by atoms with E-state index in [1.165, 1.54) is 11.3 Å². The first kappa shape index (κ1) is 19.5. The highest BCUT2D eigenvalue weighted by Crippen LogP contribution is 2.32. The van der Waals surface area contributed by atoms with Gasteiger partial charge in [0, 0.05) is 22.0 Å². The Labute approximate surface area is 170 Å². The SMILES string of the molecule is COc1cccc(OC(C)C(=O)Nc2nc(-c3ccc(Cl)cc3Cl)cs2)c1. The summed E-state index contributed by atoms with van der Waals surface area (Å²) >= 11 is 13.4. The van der Waals surface area contributed by atoms with E-state index in [0.29, 0.717) is 32.4 Å². The summed E-state index contributed by atoms with van der Waals surface area (Å²) in [5.41, 5.74) is 1.41. The van der Waals surface area contributed by atoms with E-state index >= 15 is 0 Å². The minimum Gasteiger partial charge on any atom is -0.497 e. The van der Waals surface area contributed by atoms with Crippen LogP contribution in [0.3, 0.4) is 0 Å². The van der Waals surface area contributed by atoms with Crippen LogP contribution in [0, 0.1) is 0 Å². The first-order valence-electron chi connectivity index (χ1n) is 7.99. The van der Waals surface area contributed by atoms with Crippen LogP contribution in [0.25, 0.3) is 11.3 Å². The summed E-state index contributed by atoms with van der Waals surface area (Å²) in [4.78, 5) is 16.8. The van der Waals surface area contributed by atoms with Crippen molar-refractivity contribution in [1.29, 1.82) is 0 Å². The minimum atomic E-state index is -0.705. The van der Waals surface area contributed by atoms with Gasteiger partial charge in [-0.3, -0.25) is 10.1 Å². The van der Waals surface area contributed by atoms with E-state index < -0.39 is 6.10 Å². The van der Waals surface area contributed by atoms with Gasteiger partial charge in [-0.15, -0.1) is 11.3 Å². The number of halogens is 2. The number of hydrogen-bond acceptors (Lipinski definition) is 5. The maximum absolute atomic E-state index is 12.4. The van der Waals surface area contributed by atoms with E-state index in [2.05, 4.69) is 10.3 Å². The molecule has 0 radical (unpaired) electrons. The molecule has 1 unspecified atom stereocenters. The van der Waals surface area contributed by atoms with Crippen LogP contribution in [-0.2, 0) is 4.79 Å². The van der Waals surface area contributed by atoms with Gasteiger partial charge in [-0.2, -0.15) is 0 Å². The van der Waals surface area contributed by atoms with Crippen molar-refractivity contribution in [3.8, 4) is 22.8 Å². The number of methoxy groups -OCH3 is 1.